The third-order valence-electron chi connectivity index (χ3n) is 10.4. The summed E-state index contributed by atoms with van der Waals surface area (Å²) in [5.41, 5.74) is 6.67. The molecule has 270 valence electrons. The standard InChI is InChI=1S/C40H60N4O5/c1-29(2)28-47-30(3)49-43-39(45)35-17-19-36(20-18-35)44-23-21-33(22-24-44)26-41-25-31-13-15-32(16-14-31)27-42-38(34-9-5-4-6-10-34)40(46)48-37-11-7-8-12-37/h13-20,29-30,33-34,37-38,41-42H,4-12,21-28H2,1-3H3,(H,43,45)/t30?,38-/m0/s1. The molecule has 1 heterocycles. The third-order valence-corrected chi connectivity index (χ3v) is 10.4. The molecule has 2 saturated carbocycles. The van der Waals surface area contributed by atoms with Crippen molar-refractivity contribution < 1.29 is 23.9 Å². The number of nitrogens with zero attached hydrogens (tertiary/aromatic N) is 1. The van der Waals surface area contributed by atoms with E-state index in [1.54, 1.807) is 6.92 Å². The van der Waals surface area contributed by atoms with Crippen LogP contribution >= 0.6 is 0 Å². The zero-order chi connectivity index (χ0) is 34.4. The lowest BCUT2D eigenvalue weighted by atomic mass is 9.83. The Morgan fingerprint density at radius 3 is 2.08 bits per heavy atom. The van der Waals surface area contributed by atoms with E-state index in [2.05, 4.69) is 59.1 Å². The van der Waals surface area contributed by atoms with Gasteiger partial charge in [-0.1, -0.05) is 57.4 Å². The molecule has 3 aliphatic rings. The fraction of sp³-hybridized carbons (Fsp3) is 0.650. The molecular weight excluding hydrogens is 616 g/mol. The normalized spacial score (nSPS) is 19.2. The van der Waals surface area contributed by atoms with Crippen LogP contribution in [0, 0.1) is 17.8 Å². The Kier molecular flexibility index (Phi) is 14.8. The van der Waals surface area contributed by atoms with Crippen LogP contribution in [0.15, 0.2) is 48.5 Å². The van der Waals surface area contributed by atoms with Gasteiger partial charge in [0.15, 0.2) is 6.29 Å². The highest BCUT2D eigenvalue weighted by Crippen LogP contribution is 2.29. The number of ether oxygens (including phenoxy) is 2. The van der Waals surface area contributed by atoms with Gasteiger partial charge in [0.2, 0.25) is 0 Å². The second-order valence-corrected chi connectivity index (χ2v) is 14.9. The van der Waals surface area contributed by atoms with Crippen LogP contribution in [-0.4, -0.2) is 56.6 Å². The summed E-state index contributed by atoms with van der Waals surface area (Å²) in [6.45, 7) is 11.0. The number of carbonyl (C=O) groups is 2. The van der Waals surface area contributed by atoms with Gasteiger partial charge < -0.3 is 25.0 Å². The second-order valence-electron chi connectivity index (χ2n) is 14.9. The van der Waals surface area contributed by atoms with Crippen LogP contribution < -0.4 is 21.0 Å². The maximum absolute atomic E-state index is 13.2. The molecule has 1 amide bonds. The molecule has 2 aromatic rings. The van der Waals surface area contributed by atoms with Crippen LogP contribution in [0.3, 0.4) is 0 Å². The van der Waals surface area contributed by atoms with Crippen LogP contribution in [0.25, 0.3) is 0 Å². The summed E-state index contributed by atoms with van der Waals surface area (Å²) in [5.74, 6) is 1.11. The van der Waals surface area contributed by atoms with Gasteiger partial charge in [0.05, 0.1) is 6.61 Å². The summed E-state index contributed by atoms with van der Waals surface area (Å²) in [6.07, 6.45) is 12.2. The second kappa shape index (κ2) is 19.4. The largest absolute Gasteiger partial charge is 0.461 e. The van der Waals surface area contributed by atoms with E-state index in [-0.39, 0.29) is 24.0 Å². The van der Waals surface area contributed by atoms with Crippen molar-refractivity contribution >= 4 is 17.6 Å². The van der Waals surface area contributed by atoms with Crippen molar-refractivity contribution in [2.24, 2.45) is 17.8 Å². The lowest BCUT2D eigenvalue weighted by molar-refractivity contribution is -0.163. The topological polar surface area (TPSA) is 101 Å². The molecule has 0 radical (unpaired) electrons. The molecule has 49 heavy (non-hydrogen) atoms. The highest BCUT2D eigenvalue weighted by atomic mass is 16.8. The van der Waals surface area contributed by atoms with E-state index < -0.39 is 6.29 Å². The molecule has 3 N–H and O–H groups in total. The molecule has 9 heteroatoms. The van der Waals surface area contributed by atoms with Crippen molar-refractivity contribution in [3.8, 4) is 0 Å². The maximum Gasteiger partial charge on any atom is 0.323 e. The van der Waals surface area contributed by atoms with Crippen molar-refractivity contribution in [3.05, 3.63) is 65.2 Å². The molecule has 5 rings (SSSR count). The van der Waals surface area contributed by atoms with Crippen LogP contribution in [0.5, 0.6) is 0 Å². The summed E-state index contributed by atoms with van der Waals surface area (Å²) >= 11 is 0. The summed E-state index contributed by atoms with van der Waals surface area (Å²) in [7, 11) is 0. The summed E-state index contributed by atoms with van der Waals surface area (Å²) < 4.78 is 11.5. The van der Waals surface area contributed by atoms with Crippen molar-refractivity contribution in [1.29, 1.82) is 0 Å². The van der Waals surface area contributed by atoms with E-state index in [4.69, 9.17) is 14.3 Å². The fourth-order valence-electron chi connectivity index (χ4n) is 7.35. The average molecular weight is 677 g/mol. The van der Waals surface area contributed by atoms with Crippen molar-refractivity contribution in [2.75, 3.05) is 31.1 Å². The summed E-state index contributed by atoms with van der Waals surface area (Å²) in [5, 5.41) is 7.28. The van der Waals surface area contributed by atoms with Crippen LogP contribution in [-0.2, 0) is 32.2 Å². The fourth-order valence-corrected chi connectivity index (χ4v) is 7.35. The molecular formula is C40H60N4O5. The van der Waals surface area contributed by atoms with E-state index in [1.807, 2.05) is 24.3 Å². The Morgan fingerprint density at radius 2 is 1.43 bits per heavy atom. The van der Waals surface area contributed by atoms with E-state index in [9.17, 15) is 9.59 Å². The minimum atomic E-state index is -0.501. The van der Waals surface area contributed by atoms with Gasteiger partial charge in [-0.3, -0.25) is 9.59 Å². The predicted molar refractivity (Wildman–Crippen MR) is 194 cm³/mol. The zero-order valence-corrected chi connectivity index (χ0v) is 30.1. The molecule has 0 spiro atoms. The Balaban J connectivity index is 0.988. The first-order chi connectivity index (χ1) is 23.8. The van der Waals surface area contributed by atoms with Gasteiger partial charge in [-0.05, 0) is 118 Å². The number of hydroxylamine groups is 1. The van der Waals surface area contributed by atoms with Crippen molar-refractivity contribution in [3.63, 3.8) is 0 Å². The van der Waals surface area contributed by atoms with E-state index in [1.165, 1.54) is 43.2 Å². The molecule has 2 aromatic carbocycles. The maximum atomic E-state index is 13.2. The van der Waals surface area contributed by atoms with Crippen LogP contribution in [0.2, 0.25) is 0 Å². The Hall–Kier alpha value is -2.98. The molecule has 0 aromatic heterocycles. The first kappa shape index (κ1) is 37.3. The number of anilines is 1. The number of carbonyl (C=O) groups excluding carboxylic acids is 2. The number of benzene rings is 2. The van der Waals surface area contributed by atoms with Gasteiger partial charge in [0, 0.05) is 37.4 Å². The van der Waals surface area contributed by atoms with Gasteiger partial charge in [0.1, 0.15) is 12.1 Å². The first-order valence-electron chi connectivity index (χ1n) is 19.0. The number of esters is 1. The van der Waals surface area contributed by atoms with Gasteiger partial charge in [-0.2, -0.15) is 0 Å². The molecule has 2 atom stereocenters. The number of amides is 1. The van der Waals surface area contributed by atoms with E-state index in [0.717, 1.165) is 70.4 Å². The monoisotopic (exact) mass is 676 g/mol. The lowest BCUT2D eigenvalue weighted by Crippen LogP contribution is -2.45. The molecule has 2 aliphatic carbocycles. The number of rotatable bonds is 17. The number of hydrogen-bond acceptors (Lipinski definition) is 8. The quantitative estimate of drug-likeness (QED) is 0.0946. The van der Waals surface area contributed by atoms with Gasteiger partial charge in [-0.25, -0.2) is 10.3 Å². The number of hydrogen-bond donors (Lipinski definition) is 3. The SMILES string of the molecule is CC(C)COC(C)ONC(=O)c1ccc(N2CCC(CNCc3ccc(CN[C@H](C(=O)OC4CCCC4)C4CCCCC4)cc3)CC2)cc1. The minimum absolute atomic E-state index is 0.0347. The van der Waals surface area contributed by atoms with E-state index >= 15 is 0 Å². The smallest absolute Gasteiger partial charge is 0.323 e. The lowest BCUT2D eigenvalue weighted by Gasteiger charge is -2.34. The van der Waals surface area contributed by atoms with Crippen LogP contribution in [0.4, 0.5) is 5.69 Å². The van der Waals surface area contributed by atoms with Crippen molar-refractivity contribution in [1.82, 2.24) is 16.1 Å². The molecule has 9 nitrogen and oxygen atoms in total. The zero-order valence-electron chi connectivity index (χ0n) is 30.1. The number of piperidine rings is 1. The molecule has 1 unspecified atom stereocenters. The third kappa shape index (κ3) is 12.1. The first-order valence-corrected chi connectivity index (χ1v) is 19.0. The van der Waals surface area contributed by atoms with Gasteiger partial charge >= 0.3 is 5.97 Å². The molecule has 3 fully saturated rings. The van der Waals surface area contributed by atoms with Gasteiger partial charge in [0.25, 0.3) is 5.91 Å². The minimum Gasteiger partial charge on any atom is -0.461 e. The Labute approximate surface area is 294 Å². The highest BCUT2D eigenvalue weighted by molar-refractivity contribution is 5.93. The molecule has 0 bridgehead atoms. The number of nitrogens with one attached hydrogen (secondary N) is 3. The molecule has 1 saturated heterocycles. The average Bonchev–Trinajstić information content (AvgIpc) is 3.64. The van der Waals surface area contributed by atoms with Crippen LogP contribution in [0.1, 0.15) is 113 Å². The highest BCUT2D eigenvalue weighted by Gasteiger charge is 2.32. The Bertz CT molecular complexity index is 1270. The summed E-state index contributed by atoms with van der Waals surface area (Å²) in [4.78, 5) is 33.4. The van der Waals surface area contributed by atoms with Gasteiger partial charge in [-0.15, -0.1) is 0 Å². The molecule has 1 aliphatic heterocycles. The van der Waals surface area contributed by atoms with Crippen molar-refractivity contribution in [2.45, 2.75) is 123 Å². The Morgan fingerprint density at radius 1 is 0.796 bits per heavy atom. The van der Waals surface area contributed by atoms with E-state index in [0.29, 0.717) is 36.5 Å². The predicted octanol–water partition coefficient (Wildman–Crippen LogP) is 6.90. The summed E-state index contributed by atoms with van der Waals surface area (Å²) in [6, 6.07) is 16.3.